The first-order valence-corrected chi connectivity index (χ1v) is 9.81. The minimum absolute atomic E-state index is 0.0361. The van der Waals surface area contributed by atoms with Gasteiger partial charge in [-0.1, -0.05) is 0 Å². The number of urea groups is 2. The topological polar surface area (TPSA) is 121 Å². The maximum Gasteiger partial charge on any atom is 0.328 e. The summed E-state index contributed by atoms with van der Waals surface area (Å²) in [4.78, 5) is 54.6. The second-order valence-electron chi connectivity index (χ2n) is 7.39. The Morgan fingerprint density at radius 1 is 0.966 bits per heavy atom. The van der Waals surface area contributed by atoms with Gasteiger partial charge < -0.3 is 34.8 Å². The van der Waals surface area contributed by atoms with Crippen LogP contribution in [0.2, 0.25) is 0 Å². The van der Waals surface area contributed by atoms with Crippen LogP contribution in [0.1, 0.15) is 20.8 Å². The average molecular weight is 413 g/mol. The number of morpholine rings is 1. The van der Waals surface area contributed by atoms with Gasteiger partial charge in [0.25, 0.3) is 0 Å². The second kappa shape index (κ2) is 10.3. The molecule has 2 fully saturated rings. The average Bonchev–Trinajstić information content (AvgIpc) is 2.72. The third kappa shape index (κ3) is 5.96. The smallest absolute Gasteiger partial charge is 0.328 e. The van der Waals surface area contributed by atoms with Gasteiger partial charge in [0.2, 0.25) is 5.91 Å². The van der Waals surface area contributed by atoms with Gasteiger partial charge in [-0.15, -0.1) is 0 Å². The summed E-state index contributed by atoms with van der Waals surface area (Å²) in [5.41, 5.74) is 0. The molecule has 0 radical (unpaired) electrons. The molecule has 0 unspecified atom stereocenters. The van der Waals surface area contributed by atoms with E-state index in [1.807, 2.05) is 13.8 Å². The minimum Gasteiger partial charge on any atom is -0.467 e. The SMILES string of the molecule is COC(=O)[C@@H](C)NC(=O)[C@@H]1CN(C(=O)NC(C)C)CCN1C(=O)N1CCOCC1. The lowest BCUT2D eigenvalue weighted by Gasteiger charge is -2.43. The lowest BCUT2D eigenvalue weighted by Crippen LogP contribution is -2.66. The fourth-order valence-electron chi connectivity index (χ4n) is 3.24. The zero-order valence-electron chi connectivity index (χ0n) is 17.5. The highest BCUT2D eigenvalue weighted by molar-refractivity contribution is 5.91. The molecule has 2 N–H and O–H groups in total. The molecule has 2 aliphatic heterocycles. The first-order chi connectivity index (χ1) is 13.7. The van der Waals surface area contributed by atoms with Crippen LogP contribution in [-0.2, 0) is 19.1 Å². The number of ether oxygens (including phenoxy) is 2. The number of nitrogens with one attached hydrogen (secondary N) is 2. The van der Waals surface area contributed by atoms with Gasteiger partial charge in [-0.25, -0.2) is 14.4 Å². The van der Waals surface area contributed by atoms with E-state index < -0.39 is 24.0 Å². The number of methoxy groups -OCH3 is 1. The van der Waals surface area contributed by atoms with E-state index in [9.17, 15) is 19.2 Å². The Balaban J connectivity index is 2.15. The highest BCUT2D eigenvalue weighted by atomic mass is 16.5. The van der Waals surface area contributed by atoms with Gasteiger partial charge in [-0.3, -0.25) is 4.79 Å². The molecule has 2 aliphatic rings. The van der Waals surface area contributed by atoms with E-state index >= 15 is 0 Å². The predicted octanol–water partition coefficient (Wildman–Crippen LogP) is -0.779. The van der Waals surface area contributed by atoms with Crippen LogP contribution in [0.3, 0.4) is 0 Å². The largest absolute Gasteiger partial charge is 0.467 e. The fraction of sp³-hybridized carbons (Fsp3) is 0.778. The van der Waals surface area contributed by atoms with E-state index in [1.165, 1.54) is 23.8 Å². The van der Waals surface area contributed by atoms with E-state index in [0.29, 0.717) is 32.8 Å². The zero-order chi connectivity index (χ0) is 21.6. The highest BCUT2D eigenvalue weighted by Crippen LogP contribution is 2.15. The van der Waals surface area contributed by atoms with Gasteiger partial charge in [0.05, 0.1) is 26.9 Å². The van der Waals surface area contributed by atoms with E-state index in [2.05, 4.69) is 15.4 Å². The molecule has 2 atom stereocenters. The van der Waals surface area contributed by atoms with Crippen molar-refractivity contribution in [2.24, 2.45) is 0 Å². The van der Waals surface area contributed by atoms with Crippen LogP contribution >= 0.6 is 0 Å². The summed E-state index contributed by atoms with van der Waals surface area (Å²) in [5.74, 6) is -1.10. The Hall–Kier alpha value is -2.56. The van der Waals surface area contributed by atoms with E-state index in [1.54, 1.807) is 4.90 Å². The molecule has 5 amide bonds. The first-order valence-electron chi connectivity index (χ1n) is 9.81. The summed E-state index contributed by atoms with van der Waals surface area (Å²) >= 11 is 0. The molecule has 11 nitrogen and oxygen atoms in total. The predicted molar refractivity (Wildman–Crippen MR) is 103 cm³/mol. The van der Waals surface area contributed by atoms with Gasteiger partial charge in [0.1, 0.15) is 12.1 Å². The first kappa shape index (κ1) is 22.7. The number of carbonyl (C=O) groups is 4. The number of amides is 5. The van der Waals surface area contributed by atoms with Crippen molar-refractivity contribution >= 4 is 23.9 Å². The van der Waals surface area contributed by atoms with Crippen molar-refractivity contribution in [1.29, 1.82) is 0 Å². The van der Waals surface area contributed by atoms with E-state index in [4.69, 9.17) is 4.74 Å². The van der Waals surface area contributed by atoms with E-state index in [0.717, 1.165) is 0 Å². The van der Waals surface area contributed by atoms with Crippen LogP contribution in [-0.4, -0.2) is 110 Å². The molecule has 29 heavy (non-hydrogen) atoms. The summed E-state index contributed by atoms with van der Waals surface area (Å²) in [6.45, 7) is 7.53. The van der Waals surface area contributed by atoms with Crippen LogP contribution in [0.4, 0.5) is 9.59 Å². The summed E-state index contributed by atoms with van der Waals surface area (Å²) < 4.78 is 9.93. The van der Waals surface area contributed by atoms with Gasteiger partial charge in [0, 0.05) is 32.2 Å². The van der Waals surface area contributed by atoms with Gasteiger partial charge >= 0.3 is 18.0 Å². The molecular weight excluding hydrogens is 382 g/mol. The Morgan fingerprint density at radius 2 is 1.62 bits per heavy atom. The normalized spacial score (nSPS) is 20.9. The van der Waals surface area contributed by atoms with Crippen molar-refractivity contribution in [3.05, 3.63) is 0 Å². The third-order valence-corrected chi connectivity index (χ3v) is 4.82. The van der Waals surface area contributed by atoms with Gasteiger partial charge in [-0.05, 0) is 20.8 Å². The molecule has 0 bridgehead atoms. The Morgan fingerprint density at radius 3 is 2.21 bits per heavy atom. The minimum atomic E-state index is -0.913. The van der Waals surface area contributed by atoms with Crippen LogP contribution in [0.15, 0.2) is 0 Å². The molecule has 2 heterocycles. The molecule has 11 heteroatoms. The maximum atomic E-state index is 13.0. The summed E-state index contributed by atoms with van der Waals surface area (Å²) in [6, 6.07) is -2.40. The van der Waals surface area contributed by atoms with Gasteiger partial charge in [0.15, 0.2) is 0 Å². The lowest BCUT2D eigenvalue weighted by molar-refractivity contribution is -0.145. The number of hydrogen-bond acceptors (Lipinski definition) is 6. The van der Waals surface area contributed by atoms with Crippen molar-refractivity contribution < 1.29 is 28.7 Å². The van der Waals surface area contributed by atoms with E-state index in [-0.39, 0.29) is 31.2 Å². The van der Waals surface area contributed by atoms with Crippen molar-refractivity contribution in [3.63, 3.8) is 0 Å². The quantitative estimate of drug-likeness (QED) is 0.584. The highest BCUT2D eigenvalue weighted by Gasteiger charge is 2.39. The number of esters is 1. The molecule has 2 saturated heterocycles. The number of nitrogens with zero attached hydrogens (tertiary/aromatic N) is 3. The van der Waals surface area contributed by atoms with Crippen molar-refractivity contribution in [3.8, 4) is 0 Å². The molecule has 0 spiro atoms. The lowest BCUT2D eigenvalue weighted by atomic mass is 10.1. The zero-order valence-corrected chi connectivity index (χ0v) is 17.5. The van der Waals surface area contributed by atoms with Gasteiger partial charge in [-0.2, -0.15) is 0 Å². The van der Waals surface area contributed by atoms with Crippen LogP contribution in [0.5, 0.6) is 0 Å². The van der Waals surface area contributed by atoms with Crippen molar-refractivity contribution in [2.45, 2.75) is 38.9 Å². The molecule has 0 aromatic carbocycles. The number of rotatable bonds is 4. The molecule has 164 valence electrons. The standard InChI is InChI=1S/C18H31N5O6/c1-12(2)19-17(26)22-5-6-23(18(27)21-7-9-29-10-8-21)14(11-22)15(24)20-13(3)16(25)28-4/h12-14H,5-11H2,1-4H3,(H,19,26)(H,20,24)/t13-,14+/m1/s1. The van der Waals surface area contributed by atoms with Crippen LogP contribution < -0.4 is 10.6 Å². The molecule has 0 aliphatic carbocycles. The number of hydrogen-bond donors (Lipinski definition) is 2. The number of piperazine rings is 1. The molecular formula is C18H31N5O6. The molecule has 0 aromatic heterocycles. The van der Waals surface area contributed by atoms with Crippen molar-refractivity contribution in [2.75, 3.05) is 53.0 Å². The summed E-state index contributed by atoms with van der Waals surface area (Å²) in [6.07, 6.45) is 0. The number of carbonyl (C=O) groups excluding carboxylic acids is 4. The van der Waals surface area contributed by atoms with Crippen molar-refractivity contribution in [1.82, 2.24) is 25.3 Å². The molecule has 2 rings (SSSR count). The molecule has 0 saturated carbocycles. The van der Waals surface area contributed by atoms with Crippen LogP contribution in [0.25, 0.3) is 0 Å². The summed E-state index contributed by atoms with van der Waals surface area (Å²) in [5, 5.41) is 5.38. The molecule has 0 aromatic rings. The fourth-order valence-corrected chi connectivity index (χ4v) is 3.24. The Labute approximate surface area is 170 Å². The van der Waals surface area contributed by atoms with Crippen LogP contribution in [0, 0.1) is 0 Å². The second-order valence-corrected chi connectivity index (χ2v) is 7.39. The Kier molecular flexibility index (Phi) is 8.06. The monoisotopic (exact) mass is 413 g/mol. The summed E-state index contributed by atoms with van der Waals surface area (Å²) in [7, 11) is 1.23. The third-order valence-electron chi connectivity index (χ3n) is 4.82. The Bertz CT molecular complexity index is 622. The maximum absolute atomic E-state index is 13.0.